The van der Waals surface area contributed by atoms with Crippen LogP contribution in [0.3, 0.4) is 0 Å². The highest BCUT2D eigenvalue weighted by Crippen LogP contribution is 2.37. The lowest BCUT2D eigenvalue weighted by Crippen LogP contribution is -2.27. The highest BCUT2D eigenvalue weighted by atomic mass is 79.9. The van der Waals surface area contributed by atoms with Crippen molar-refractivity contribution in [2.24, 2.45) is 0 Å². The molecular formula is C16H9BrClNO3S. The number of anilines is 1. The lowest BCUT2D eigenvalue weighted by atomic mass is 10.2. The summed E-state index contributed by atoms with van der Waals surface area (Å²) in [6.45, 7) is 0. The molecule has 0 atom stereocenters. The number of aromatic hydroxyl groups is 1. The van der Waals surface area contributed by atoms with Gasteiger partial charge in [0.25, 0.3) is 11.1 Å². The maximum Gasteiger partial charge on any atom is 0.298 e. The van der Waals surface area contributed by atoms with E-state index >= 15 is 0 Å². The van der Waals surface area contributed by atoms with Gasteiger partial charge in [-0.1, -0.05) is 33.6 Å². The Labute approximate surface area is 149 Å². The highest BCUT2D eigenvalue weighted by molar-refractivity contribution is 9.10. The van der Waals surface area contributed by atoms with Crippen LogP contribution in [0.4, 0.5) is 10.5 Å². The van der Waals surface area contributed by atoms with Crippen molar-refractivity contribution < 1.29 is 14.7 Å². The van der Waals surface area contributed by atoms with Gasteiger partial charge in [0.1, 0.15) is 5.75 Å². The zero-order valence-electron chi connectivity index (χ0n) is 11.5. The van der Waals surface area contributed by atoms with Gasteiger partial charge in [0.2, 0.25) is 0 Å². The summed E-state index contributed by atoms with van der Waals surface area (Å²) in [5.74, 6) is -0.413. The van der Waals surface area contributed by atoms with Crippen LogP contribution < -0.4 is 4.90 Å². The molecule has 116 valence electrons. The van der Waals surface area contributed by atoms with E-state index in [0.29, 0.717) is 16.3 Å². The monoisotopic (exact) mass is 409 g/mol. The summed E-state index contributed by atoms with van der Waals surface area (Å²) in [7, 11) is 0. The predicted octanol–water partition coefficient (Wildman–Crippen LogP) is 5.05. The van der Waals surface area contributed by atoms with Crippen molar-refractivity contribution in [1.29, 1.82) is 0 Å². The van der Waals surface area contributed by atoms with Gasteiger partial charge in [-0.05, 0) is 54.2 Å². The second-order valence-electron chi connectivity index (χ2n) is 4.70. The molecule has 2 aromatic carbocycles. The lowest BCUT2D eigenvalue weighted by Gasteiger charge is -2.12. The van der Waals surface area contributed by atoms with Gasteiger partial charge in [0, 0.05) is 15.1 Å². The van der Waals surface area contributed by atoms with Gasteiger partial charge in [-0.25, -0.2) is 4.90 Å². The van der Waals surface area contributed by atoms with Crippen molar-refractivity contribution >= 4 is 62.2 Å². The molecule has 0 unspecified atom stereocenters. The minimum atomic E-state index is -0.443. The number of halogens is 2. The first-order valence-electron chi connectivity index (χ1n) is 6.48. The van der Waals surface area contributed by atoms with Gasteiger partial charge in [0.05, 0.1) is 10.6 Å². The topological polar surface area (TPSA) is 57.6 Å². The molecule has 7 heteroatoms. The molecule has 23 heavy (non-hydrogen) atoms. The van der Waals surface area contributed by atoms with Crippen LogP contribution >= 0.6 is 39.3 Å². The van der Waals surface area contributed by atoms with Crippen LogP contribution in [-0.4, -0.2) is 16.3 Å². The fourth-order valence-electron chi connectivity index (χ4n) is 2.09. The van der Waals surface area contributed by atoms with Crippen molar-refractivity contribution in [2.75, 3.05) is 4.90 Å². The minimum absolute atomic E-state index is 0.0303. The summed E-state index contributed by atoms with van der Waals surface area (Å²) in [6, 6.07) is 11.4. The second-order valence-corrected chi connectivity index (χ2v) is 7.05. The van der Waals surface area contributed by atoms with E-state index in [9.17, 15) is 14.7 Å². The Bertz CT molecular complexity index is 853. The number of benzene rings is 2. The number of imide groups is 1. The molecule has 3 rings (SSSR count). The molecule has 1 saturated heterocycles. The second kappa shape index (κ2) is 6.39. The van der Waals surface area contributed by atoms with Gasteiger partial charge in [-0.2, -0.15) is 0 Å². The zero-order chi connectivity index (χ0) is 16.6. The van der Waals surface area contributed by atoms with Crippen LogP contribution in [0.25, 0.3) is 6.08 Å². The Balaban J connectivity index is 1.98. The van der Waals surface area contributed by atoms with E-state index in [-0.39, 0.29) is 10.7 Å². The quantitative estimate of drug-likeness (QED) is 0.704. The Morgan fingerprint density at radius 1 is 1.17 bits per heavy atom. The highest BCUT2D eigenvalue weighted by Gasteiger charge is 2.36. The summed E-state index contributed by atoms with van der Waals surface area (Å²) < 4.78 is 0.760. The smallest absolute Gasteiger partial charge is 0.298 e. The van der Waals surface area contributed by atoms with Crippen molar-refractivity contribution in [3.8, 4) is 5.75 Å². The largest absolute Gasteiger partial charge is 0.507 e. The molecule has 0 aromatic heterocycles. The van der Waals surface area contributed by atoms with Crippen molar-refractivity contribution in [3.05, 3.63) is 62.4 Å². The van der Waals surface area contributed by atoms with Crippen molar-refractivity contribution in [1.82, 2.24) is 0 Å². The summed E-state index contributed by atoms with van der Waals surface area (Å²) >= 11 is 10.0. The zero-order valence-corrected chi connectivity index (χ0v) is 14.7. The first-order valence-corrected chi connectivity index (χ1v) is 8.46. The van der Waals surface area contributed by atoms with Crippen LogP contribution in [0.15, 0.2) is 51.8 Å². The van der Waals surface area contributed by atoms with Gasteiger partial charge >= 0.3 is 0 Å². The number of hydrogen-bond acceptors (Lipinski definition) is 4. The lowest BCUT2D eigenvalue weighted by molar-refractivity contribution is -0.113. The van der Waals surface area contributed by atoms with Crippen LogP contribution in [-0.2, 0) is 4.79 Å². The number of rotatable bonds is 2. The summed E-state index contributed by atoms with van der Waals surface area (Å²) in [5, 5.41) is 9.90. The van der Waals surface area contributed by atoms with Gasteiger partial charge in [0.15, 0.2) is 0 Å². The third-order valence-electron chi connectivity index (χ3n) is 3.14. The van der Waals surface area contributed by atoms with E-state index in [1.165, 1.54) is 12.1 Å². The third kappa shape index (κ3) is 3.29. The number of carbonyl (C=O) groups is 2. The van der Waals surface area contributed by atoms with Crippen LogP contribution in [0.2, 0.25) is 5.02 Å². The average Bonchev–Trinajstić information content (AvgIpc) is 2.77. The first-order chi connectivity index (χ1) is 11.0. The third-order valence-corrected chi connectivity index (χ3v) is 4.73. The molecule has 0 aliphatic carbocycles. The summed E-state index contributed by atoms with van der Waals surface area (Å²) in [6.07, 6.45) is 1.50. The molecule has 1 aliphatic rings. The van der Waals surface area contributed by atoms with Gasteiger partial charge in [-0.15, -0.1) is 0 Å². The Kier molecular flexibility index (Phi) is 4.48. The fraction of sp³-hybridized carbons (Fsp3) is 0. The molecule has 0 radical (unpaired) electrons. The van der Waals surface area contributed by atoms with Crippen LogP contribution in [0.5, 0.6) is 5.75 Å². The molecule has 0 bridgehead atoms. The average molecular weight is 411 g/mol. The number of carbonyl (C=O) groups excluding carboxylic acids is 2. The molecular weight excluding hydrogens is 402 g/mol. The van der Waals surface area contributed by atoms with E-state index in [0.717, 1.165) is 21.1 Å². The van der Waals surface area contributed by atoms with E-state index in [2.05, 4.69) is 15.9 Å². The number of phenolic OH excluding ortho intramolecular Hbond substituents is 1. The SMILES string of the molecule is O=C1S/C(=C/c2cc(Br)ccc2O)C(=O)N1c1cccc(Cl)c1. The maximum atomic E-state index is 12.5. The molecule has 0 saturated carbocycles. The predicted molar refractivity (Wildman–Crippen MR) is 95.7 cm³/mol. The molecule has 4 nitrogen and oxygen atoms in total. The van der Waals surface area contributed by atoms with Crippen LogP contribution in [0.1, 0.15) is 5.56 Å². The number of nitrogens with zero attached hydrogens (tertiary/aromatic N) is 1. The molecule has 1 N–H and O–H groups in total. The number of thioether (sulfide) groups is 1. The molecule has 1 fully saturated rings. The van der Waals surface area contributed by atoms with Gasteiger partial charge in [-0.3, -0.25) is 9.59 Å². The van der Waals surface area contributed by atoms with Crippen molar-refractivity contribution in [3.63, 3.8) is 0 Å². The first kappa shape index (κ1) is 16.1. The van der Waals surface area contributed by atoms with Crippen molar-refractivity contribution in [2.45, 2.75) is 0 Å². The van der Waals surface area contributed by atoms with Crippen LogP contribution in [0, 0.1) is 0 Å². The summed E-state index contributed by atoms with van der Waals surface area (Å²) in [5.41, 5.74) is 0.873. The Morgan fingerprint density at radius 2 is 1.96 bits per heavy atom. The Hall–Kier alpha value is -1.76. The maximum absolute atomic E-state index is 12.5. The normalized spacial score (nSPS) is 16.4. The Morgan fingerprint density at radius 3 is 2.70 bits per heavy atom. The van der Waals surface area contributed by atoms with E-state index in [1.807, 2.05) is 0 Å². The molecule has 0 spiro atoms. The summed E-state index contributed by atoms with van der Waals surface area (Å²) in [4.78, 5) is 26.0. The minimum Gasteiger partial charge on any atom is -0.507 e. The van der Waals surface area contributed by atoms with E-state index in [1.54, 1.807) is 36.4 Å². The molecule has 2 aromatic rings. The van der Waals surface area contributed by atoms with E-state index in [4.69, 9.17) is 11.6 Å². The molecule has 2 amide bonds. The fourth-order valence-corrected chi connectivity index (χ4v) is 3.48. The standard InChI is InChI=1S/C16H9BrClNO3S/c17-10-4-5-13(20)9(6-10)7-14-15(21)19(16(22)23-14)12-3-1-2-11(18)8-12/h1-8,20H/b14-7+. The van der Waals surface area contributed by atoms with E-state index < -0.39 is 11.1 Å². The number of amides is 2. The number of hydrogen-bond donors (Lipinski definition) is 1. The number of phenols is 1. The molecule has 1 heterocycles. The molecule has 1 aliphatic heterocycles. The van der Waals surface area contributed by atoms with Gasteiger partial charge < -0.3 is 5.11 Å².